The molecule has 0 bridgehead atoms. The fraction of sp³-hybridized carbons (Fsp3) is 0.923. The lowest BCUT2D eigenvalue weighted by atomic mass is 9.77. The molecule has 2 fully saturated rings. The van der Waals surface area contributed by atoms with Gasteiger partial charge in [-0.05, 0) is 19.8 Å². The van der Waals surface area contributed by atoms with Crippen molar-refractivity contribution >= 4 is 5.91 Å². The third-order valence-corrected chi connectivity index (χ3v) is 4.29. The molecule has 0 aromatic heterocycles. The van der Waals surface area contributed by atoms with Crippen LogP contribution in [0.5, 0.6) is 0 Å². The van der Waals surface area contributed by atoms with E-state index >= 15 is 0 Å². The van der Waals surface area contributed by atoms with Gasteiger partial charge in [0.05, 0.1) is 5.92 Å². The van der Waals surface area contributed by atoms with Gasteiger partial charge >= 0.3 is 6.18 Å². The minimum atomic E-state index is -4.25. The highest BCUT2D eigenvalue weighted by Crippen LogP contribution is 2.42. The minimum Gasteiger partial charge on any atom is -0.337 e. The van der Waals surface area contributed by atoms with E-state index in [1.54, 1.807) is 4.90 Å². The summed E-state index contributed by atoms with van der Waals surface area (Å²) in [5.41, 5.74) is 0. The number of alkyl halides is 3. The standard InChI is InChI=1S/C13H21F3N2O/c1-9-8-17-6-7-18(9)12(19)10-4-2-3-5-11(10)13(14,15)16/h9-11,17H,2-8H2,1H3/t9-,10?,11?/m0/s1. The number of piperazine rings is 1. The van der Waals surface area contributed by atoms with E-state index in [9.17, 15) is 18.0 Å². The van der Waals surface area contributed by atoms with Crippen LogP contribution in [0.1, 0.15) is 32.6 Å². The Labute approximate surface area is 111 Å². The van der Waals surface area contributed by atoms with Crippen molar-refractivity contribution in [2.45, 2.75) is 44.8 Å². The number of hydrogen-bond acceptors (Lipinski definition) is 2. The maximum Gasteiger partial charge on any atom is 0.392 e. The predicted octanol–water partition coefficient (Wildman–Crippen LogP) is 2.18. The van der Waals surface area contributed by atoms with E-state index in [-0.39, 0.29) is 18.4 Å². The second kappa shape index (κ2) is 5.69. The molecule has 0 aromatic carbocycles. The van der Waals surface area contributed by atoms with Crippen molar-refractivity contribution in [1.82, 2.24) is 10.2 Å². The summed E-state index contributed by atoms with van der Waals surface area (Å²) in [4.78, 5) is 14.0. The van der Waals surface area contributed by atoms with Gasteiger partial charge in [-0.2, -0.15) is 13.2 Å². The highest BCUT2D eigenvalue weighted by Gasteiger charge is 2.49. The molecule has 2 rings (SSSR count). The van der Waals surface area contributed by atoms with E-state index in [1.807, 2.05) is 6.92 Å². The monoisotopic (exact) mass is 278 g/mol. The van der Waals surface area contributed by atoms with Crippen LogP contribution in [0.4, 0.5) is 13.2 Å². The first-order valence-electron chi connectivity index (χ1n) is 6.99. The van der Waals surface area contributed by atoms with E-state index < -0.39 is 18.0 Å². The third-order valence-electron chi connectivity index (χ3n) is 4.29. The summed E-state index contributed by atoms with van der Waals surface area (Å²) >= 11 is 0. The number of nitrogens with zero attached hydrogens (tertiary/aromatic N) is 1. The number of hydrogen-bond donors (Lipinski definition) is 1. The van der Waals surface area contributed by atoms with Crippen molar-refractivity contribution in [3.8, 4) is 0 Å². The van der Waals surface area contributed by atoms with Gasteiger partial charge < -0.3 is 10.2 Å². The van der Waals surface area contributed by atoms with Gasteiger partial charge in [0.25, 0.3) is 0 Å². The maximum atomic E-state index is 13.0. The van der Waals surface area contributed by atoms with Crippen molar-refractivity contribution < 1.29 is 18.0 Å². The van der Waals surface area contributed by atoms with Crippen LogP contribution >= 0.6 is 0 Å². The van der Waals surface area contributed by atoms with Crippen LogP contribution in [-0.4, -0.2) is 42.7 Å². The first kappa shape index (κ1) is 14.6. The van der Waals surface area contributed by atoms with Gasteiger partial charge in [-0.15, -0.1) is 0 Å². The van der Waals surface area contributed by atoms with E-state index in [0.29, 0.717) is 32.5 Å². The summed E-state index contributed by atoms with van der Waals surface area (Å²) in [6.07, 6.45) is -2.48. The summed E-state index contributed by atoms with van der Waals surface area (Å²) in [7, 11) is 0. The fourth-order valence-electron chi connectivity index (χ4n) is 3.20. The molecule has 1 N–H and O–H groups in total. The molecule has 110 valence electrons. The lowest BCUT2D eigenvalue weighted by molar-refractivity contribution is -0.201. The Morgan fingerprint density at radius 3 is 2.58 bits per heavy atom. The molecular weight excluding hydrogens is 257 g/mol. The van der Waals surface area contributed by atoms with Crippen molar-refractivity contribution in [3.05, 3.63) is 0 Å². The van der Waals surface area contributed by atoms with Gasteiger partial charge in [0.1, 0.15) is 0 Å². The SMILES string of the molecule is C[C@H]1CNCCN1C(=O)C1CCCCC1C(F)(F)F. The molecule has 6 heteroatoms. The number of carbonyl (C=O) groups excluding carboxylic acids is 1. The van der Waals surface area contributed by atoms with Gasteiger partial charge in [0.15, 0.2) is 0 Å². The Morgan fingerprint density at radius 2 is 1.95 bits per heavy atom. The lowest BCUT2D eigenvalue weighted by Crippen LogP contribution is -2.55. The highest BCUT2D eigenvalue weighted by molar-refractivity contribution is 5.79. The van der Waals surface area contributed by atoms with Gasteiger partial charge in [-0.1, -0.05) is 12.8 Å². The molecule has 19 heavy (non-hydrogen) atoms. The fourth-order valence-corrected chi connectivity index (χ4v) is 3.20. The molecular formula is C13H21F3N2O. The van der Waals surface area contributed by atoms with Gasteiger partial charge in [0.2, 0.25) is 5.91 Å². The van der Waals surface area contributed by atoms with Crippen molar-refractivity contribution in [2.75, 3.05) is 19.6 Å². The Balaban J connectivity index is 2.11. The third kappa shape index (κ3) is 3.22. The molecule has 1 saturated heterocycles. The molecule has 3 nitrogen and oxygen atoms in total. The minimum absolute atomic E-state index is 0.0166. The normalized spacial score (nSPS) is 33.3. The van der Waals surface area contributed by atoms with E-state index in [4.69, 9.17) is 0 Å². The van der Waals surface area contributed by atoms with E-state index in [2.05, 4.69) is 5.32 Å². The lowest BCUT2D eigenvalue weighted by Gasteiger charge is -2.40. The van der Waals surface area contributed by atoms with Gasteiger partial charge in [-0.25, -0.2) is 0 Å². The van der Waals surface area contributed by atoms with E-state index in [1.165, 1.54) is 0 Å². The van der Waals surface area contributed by atoms with Crippen LogP contribution in [0.3, 0.4) is 0 Å². The Morgan fingerprint density at radius 1 is 1.26 bits per heavy atom. The number of nitrogens with one attached hydrogen (secondary N) is 1. The first-order chi connectivity index (χ1) is 8.91. The second-order valence-electron chi connectivity index (χ2n) is 5.62. The largest absolute Gasteiger partial charge is 0.392 e. The van der Waals surface area contributed by atoms with Crippen molar-refractivity contribution in [3.63, 3.8) is 0 Å². The van der Waals surface area contributed by atoms with Crippen LogP contribution < -0.4 is 5.32 Å². The molecule has 1 aliphatic heterocycles. The molecule has 1 heterocycles. The molecule has 1 aliphatic carbocycles. The number of amides is 1. The number of halogens is 3. The molecule has 1 saturated carbocycles. The zero-order chi connectivity index (χ0) is 14.0. The molecule has 0 spiro atoms. The van der Waals surface area contributed by atoms with Crippen LogP contribution in [0.25, 0.3) is 0 Å². The summed E-state index contributed by atoms with van der Waals surface area (Å²) < 4.78 is 39.1. The maximum absolute atomic E-state index is 13.0. The topological polar surface area (TPSA) is 32.3 Å². The number of carbonyl (C=O) groups is 1. The van der Waals surface area contributed by atoms with E-state index in [0.717, 1.165) is 6.42 Å². The summed E-state index contributed by atoms with van der Waals surface area (Å²) in [5.74, 6) is -2.61. The average molecular weight is 278 g/mol. The Kier molecular flexibility index (Phi) is 4.38. The Bertz CT molecular complexity index is 332. The second-order valence-corrected chi connectivity index (χ2v) is 5.62. The van der Waals surface area contributed by atoms with Crippen molar-refractivity contribution in [1.29, 1.82) is 0 Å². The van der Waals surface area contributed by atoms with Crippen LogP contribution in [0.2, 0.25) is 0 Å². The molecule has 1 amide bonds. The highest BCUT2D eigenvalue weighted by atomic mass is 19.4. The summed E-state index contributed by atoms with van der Waals surface area (Å²) in [6.45, 7) is 3.73. The quantitative estimate of drug-likeness (QED) is 0.797. The van der Waals surface area contributed by atoms with Crippen LogP contribution in [0.15, 0.2) is 0 Å². The molecule has 0 radical (unpaired) electrons. The predicted molar refractivity (Wildman–Crippen MR) is 65.5 cm³/mol. The van der Waals surface area contributed by atoms with Crippen molar-refractivity contribution in [2.24, 2.45) is 11.8 Å². The Hall–Kier alpha value is -0.780. The van der Waals surface area contributed by atoms with Gasteiger partial charge in [-0.3, -0.25) is 4.79 Å². The summed E-state index contributed by atoms with van der Waals surface area (Å²) in [6, 6.07) is -0.0166. The van der Waals surface area contributed by atoms with Crippen LogP contribution in [0, 0.1) is 11.8 Å². The first-order valence-corrected chi connectivity index (χ1v) is 6.99. The van der Waals surface area contributed by atoms with Gasteiger partial charge in [0, 0.05) is 31.6 Å². The average Bonchev–Trinajstić information content (AvgIpc) is 2.37. The van der Waals surface area contributed by atoms with Crippen LogP contribution in [-0.2, 0) is 4.79 Å². The zero-order valence-corrected chi connectivity index (χ0v) is 11.2. The summed E-state index contributed by atoms with van der Waals surface area (Å²) in [5, 5.41) is 3.15. The molecule has 3 atom stereocenters. The molecule has 0 aromatic rings. The zero-order valence-electron chi connectivity index (χ0n) is 11.2. The molecule has 2 unspecified atom stereocenters. The smallest absolute Gasteiger partial charge is 0.337 e. The number of rotatable bonds is 1. The molecule has 2 aliphatic rings.